The van der Waals surface area contributed by atoms with E-state index in [1.54, 1.807) is 0 Å². The number of hydrogen-bond donors (Lipinski definition) is 3. The van der Waals surface area contributed by atoms with Crippen molar-refractivity contribution in [3.05, 3.63) is 76.2 Å². The first-order valence-corrected chi connectivity index (χ1v) is 15.4. The minimum Gasteiger partial charge on any atom is -0.348 e. The minimum atomic E-state index is -0.203. The molecule has 9 nitrogen and oxygen atoms in total. The molecule has 0 bridgehead atoms. The van der Waals surface area contributed by atoms with E-state index in [1.165, 1.54) is 34.9 Å². The molecule has 2 aromatic carbocycles. The van der Waals surface area contributed by atoms with Crippen molar-refractivity contribution in [3.63, 3.8) is 0 Å². The van der Waals surface area contributed by atoms with E-state index in [4.69, 9.17) is 0 Å². The van der Waals surface area contributed by atoms with E-state index < -0.39 is 0 Å². The summed E-state index contributed by atoms with van der Waals surface area (Å²) < 4.78 is 1.94. The Labute approximate surface area is 247 Å². The van der Waals surface area contributed by atoms with Gasteiger partial charge in [-0.3, -0.25) is 14.4 Å². The van der Waals surface area contributed by atoms with Crippen LogP contribution in [0.5, 0.6) is 0 Å². The van der Waals surface area contributed by atoms with Crippen LogP contribution in [0.3, 0.4) is 0 Å². The fourth-order valence-electron chi connectivity index (χ4n) is 4.89. The first-order valence-electron chi connectivity index (χ1n) is 13.6. The first-order chi connectivity index (χ1) is 19.9. The van der Waals surface area contributed by atoms with Crippen molar-refractivity contribution >= 4 is 51.5 Å². The van der Waals surface area contributed by atoms with Crippen LogP contribution in [0.1, 0.15) is 53.1 Å². The summed E-state index contributed by atoms with van der Waals surface area (Å²) in [5.74, 6) is 0.270. The highest BCUT2D eigenvalue weighted by Gasteiger charge is 2.26. The van der Waals surface area contributed by atoms with Gasteiger partial charge in [-0.2, -0.15) is 0 Å². The molecular formula is C30H32N6O3S2. The zero-order valence-electron chi connectivity index (χ0n) is 23.0. The molecule has 3 N–H and O–H groups in total. The van der Waals surface area contributed by atoms with Crippen molar-refractivity contribution in [2.24, 2.45) is 0 Å². The maximum absolute atomic E-state index is 13.3. The Morgan fingerprint density at radius 1 is 1.00 bits per heavy atom. The van der Waals surface area contributed by atoms with Crippen LogP contribution in [-0.2, 0) is 35.5 Å². The molecule has 3 amide bonds. The number of aryl methyl sites for hydroxylation is 1. The lowest BCUT2D eigenvalue weighted by atomic mass is 9.95. The van der Waals surface area contributed by atoms with Gasteiger partial charge in [-0.25, -0.2) is 0 Å². The van der Waals surface area contributed by atoms with Crippen molar-refractivity contribution in [3.8, 4) is 11.4 Å². The van der Waals surface area contributed by atoms with Crippen molar-refractivity contribution in [1.29, 1.82) is 0 Å². The average molecular weight is 589 g/mol. The number of amides is 3. The van der Waals surface area contributed by atoms with Gasteiger partial charge in [0, 0.05) is 36.1 Å². The van der Waals surface area contributed by atoms with Gasteiger partial charge >= 0.3 is 0 Å². The van der Waals surface area contributed by atoms with Crippen LogP contribution < -0.4 is 16.0 Å². The van der Waals surface area contributed by atoms with E-state index in [0.717, 1.165) is 42.4 Å². The lowest BCUT2D eigenvalue weighted by Gasteiger charge is -2.13. The van der Waals surface area contributed by atoms with Crippen LogP contribution in [0.25, 0.3) is 11.4 Å². The molecule has 2 aromatic heterocycles. The largest absolute Gasteiger partial charge is 0.348 e. The summed E-state index contributed by atoms with van der Waals surface area (Å²) in [6, 6.07) is 17.2. The Bertz CT molecular complexity index is 1560. The Balaban J connectivity index is 1.28. The number of benzene rings is 2. The minimum absolute atomic E-state index is 0.123. The number of nitrogens with zero attached hydrogens (tertiary/aromatic N) is 3. The molecule has 0 fully saturated rings. The third-order valence-corrected chi connectivity index (χ3v) is 8.93. The summed E-state index contributed by atoms with van der Waals surface area (Å²) in [6.07, 6.45) is 3.89. The highest BCUT2D eigenvalue weighted by Crippen LogP contribution is 2.38. The van der Waals surface area contributed by atoms with E-state index in [0.29, 0.717) is 40.3 Å². The van der Waals surface area contributed by atoms with E-state index in [2.05, 4.69) is 26.1 Å². The molecule has 11 heteroatoms. The highest BCUT2D eigenvalue weighted by molar-refractivity contribution is 7.99. The molecule has 41 heavy (non-hydrogen) atoms. The second-order valence-electron chi connectivity index (χ2n) is 9.73. The Morgan fingerprint density at radius 3 is 2.59 bits per heavy atom. The monoisotopic (exact) mass is 588 g/mol. The van der Waals surface area contributed by atoms with Gasteiger partial charge in [-0.1, -0.05) is 54.2 Å². The molecule has 2 heterocycles. The van der Waals surface area contributed by atoms with Gasteiger partial charge in [0.1, 0.15) is 5.00 Å². The van der Waals surface area contributed by atoms with Gasteiger partial charge in [0.25, 0.3) is 5.91 Å². The van der Waals surface area contributed by atoms with Gasteiger partial charge in [0.05, 0.1) is 11.3 Å². The van der Waals surface area contributed by atoms with Crippen LogP contribution in [0.2, 0.25) is 0 Å². The molecule has 0 unspecified atom stereocenters. The number of rotatable bonds is 10. The Hall–Kier alpha value is -3.96. The van der Waals surface area contributed by atoms with E-state index >= 15 is 0 Å². The summed E-state index contributed by atoms with van der Waals surface area (Å²) >= 11 is 2.81. The first kappa shape index (κ1) is 28.6. The average Bonchev–Trinajstić information content (AvgIpc) is 3.56. The van der Waals surface area contributed by atoms with Gasteiger partial charge in [0.2, 0.25) is 11.8 Å². The molecule has 1 aliphatic carbocycles. The zero-order valence-corrected chi connectivity index (χ0v) is 24.7. The molecule has 0 aliphatic heterocycles. The number of carbonyl (C=O) groups is 3. The molecule has 0 radical (unpaired) electrons. The van der Waals surface area contributed by atoms with Gasteiger partial charge in [-0.15, -0.1) is 21.5 Å². The number of anilines is 2. The van der Waals surface area contributed by atoms with Gasteiger partial charge in [0.15, 0.2) is 11.0 Å². The predicted octanol–water partition coefficient (Wildman–Crippen LogP) is 5.52. The standard InChI is InChI=1S/C30H32N6O3S2/c1-3-36-27(21-12-9-13-22(16-21)32-19(2)37)34-35-30(36)40-18-25(38)33-29-26(23-14-7-8-15-24(23)41-29)28(39)31-17-20-10-5-4-6-11-20/h4-6,9-13,16H,3,7-8,14-15,17-18H2,1-2H3,(H,31,39)(H,32,37)(H,33,38). The van der Waals surface area contributed by atoms with Crippen LogP contribution in [0, 0.1) is 0 Å². The fourth-order valence-corrected chi connectivity index (χ4v) is 6.99. The van der Waals surface area contributed by atoms with Crippen LogP contribution in [-0.4, -0.2) is 38.2 Å². The lowest BCUT2D eigenvalue weighted by Crippen LogP contribution is -2.25. The number of hydrogen-bond acceptors (Lipinski definition) is 7. The maximum Gasteiger partial charge on any atom is 0.254 e. The van der Waals surface area contributed by atoms with Gasteiger partial charge < -0.3 is 20.5 Å². The summed E-state index contributed by atoms with van der Waals surface area (Å²) in [7, 11) is 0. The number of thioether (sulfide) groups is 1. The highest BCUT2D eigenvalue weighted by atomic mass is 32.2. The fraction of sp³-hybridized carbons (Fsp3) is 0.300. The van der Waals surface area contributed by atoms with Crippen molar-refractivity contribution in [2.75, 3.05) is 16.4 Å². The maximum atomic E-state index is 13.3. The number of fused-ring (bicyclic) bond motifs is 1. The topological polar surface area (TPSA) is 118 Å². The predicted molar refractivity (Wildman–Crippen MR) is 163 cm³/mol. The lowest BCUT2D eigenvalue weighted by molar-refractivity contribution is -0.114. The molecule has 4 aromatic rings. The number of nitrogens with one attached hydrogen (secondary N) is 3. The summed E-state index contributed by atoms with van der Waals surface area (Å²) in [5.41, 5.74) is 4.17. The molecule has 0 saturated heterocycles. The van der Waals surface area contributed by atoms with Crippen molar-refractivity contribution in [2.45, 2.75) is 57.8 Å². The molecule has 0 spiro atoms. The summed E-state index contributed by atoms with van der Waals surface area (Å²) in [5, 5.41) is 18.8. The summed E-state index contributed by atoms with van der Waals surface area (Å²) in [4.78, 5) is 39.1. The quantitative estimate of drug-likeness (QED) is 0.210. The van der Waals surface area contributed by atoms with Crippen LogP contribution in [0.4, 0.5) is 10.7 Å². The van der Waals surface area contributed by atoms with Crippen LogP contribution in [0.15, 0.2) is 59.8 Å². The molecule has 212 valence electrons. The SMILES string of the molecule is CCn1c(SCC(=O)Nc2sc3c(c2C(=O)NCc2ccccc2)CCCC3)nnc1-c1cccc(NC(C)=O)c1. The number of thiophene rings is 1. The second-order valence-corrected chi connectivity index (χ2v) is 11.8. The van der Waals surface area contributed by atoms with E-state index in [-0.39, 0.29) is 23.5 Å². The molecular weight excluding hydrogens is 557 g/mol. The molecule has 0 atom stereocenters. The Kier molecular flexibility index (Phi) is 9.15. The second kappa shape index (κ2) is 13.1. The third-order valence-electron chi connectivity index (χ3n) is 6.75. The van der Waals surface area contributed by atoms with Crippen molar-refractivity contribution < 1.29 is 14.4 Å². The Morgan fingerprint density at radius 2 is 1.80 bits per heavy atom. The zero-order chi connectivity index (χ0) is 28.8. The molecule has 1 aliphatic rings. The van der Waals surface area contributed by atoms with Crippen LogP contribution >= 0.6 is 23.1 Å². The smallest absolute Gasteiger partial charge is 0.254 e. The molecule has 5 rings (SSSR count). The normalized spacial score (nSPS) is 12.4. The van der Waals surface area contributed by atoms with E-state index in [1.807, 2.05) is 66.1 Å². The van der Waals surface area contributed by atoms with Gasteiger partial charge in [-0.05, 0) is 55.9 Å². The number of aromatic nitrogens is 3. The molecule has 0 saturated carbocycles. The third kappa shape index (κ3) is 6.86. The van der Waals surface area contributed by atoms with E-state index in [9.17, 15) is 14.4 Å². The summed E-state index contributed by atoms with van der Waals surface area (Å²) in [6.45, 7) is 4.49. The van der Waals surface area contributed by atoms with Crippen molar-refractivity contribution in [1.82, 2.24) is 20.1 Å². The number of carbonyl (C=O) groups excluding carboxylic acids is 3.